The highest BCUT2D eigenvalue weighted by molar-refractivity contribution is 7.16. The van der Waals surface area contributed by atoms with Crippen molar-refractivity contribution in [2.75, 3.05) is 18.0 Å². The highest BCUT2D eigenvalue weighted by Gasteiger charge is 2.52. The Morgan fingerprint density at radius 2 is 1.97 bits per heavy atom. The van der Waals surface area contributed by atoms with Gasteiger partial charge in [-0.3, -0.25) is 14.7 Å². The number of hydrogen-bond acceptors (Lipinski definition) is 6. The number of benzene rings is 1. The lowest BCUT2D eigenvalue weighted by Crippen LogP contribution is -2.54. The maximum atomic E-state index is 13.1. The molecule has 0 bridgehead atoms. The Bertz CT molecular complexity index is 1090. The second-order valence-corrected chi connectivity index (χ2v) is 8.63. The number of likely N-dealkylation sites (tertiary alicyclic amines) is 1. The van der Waals surface area contributed by atoms with Gasteiger partial charge in [-0.2, -0.15) is 0 Å². The number of pyridine rings is 1. The molecule has 0 radical (unpaired) electrons. The molecule has 2 aliphatic rings. The fraction of sp³-hybridized carbons (Fsp3) is 0.333. The number of urea groups is 1. The van der Waals surface area contributed by atoms with Gasteiger partial charge in [-0.05, 0) is 49.6 Å². The van der Waals surface area contributed by atoms with Gasteiger partial charge in [0.2, 0.25) is 0 Å². The van der Waals surface area contributed by atoms with Crippen molar-refractivity contribution in [1.29, 1.82) is 0 Å². The summed E-state index contributed by atoms with van der Waals surface area (Å²) in [5, 5.41) is 2.96. The van der Waals surface area contributed by atoms with Gasteiger partial charge in [-0.25, -0.2) is 14.7 Å². The van der Waals surface area contributed by atoms with E-state index in [0.717, 1.165) is 30.8 Å². The Labute approximate surface area is 172 Å². The third-order valence-corrected chi connectivity index (χ3v) is 6.64. The Morgan fingerprint density at radius 3 is 2.72 bits per heavy atom. The van der Waals surface area contributed by atoms with Crippen LogP contribution in [0.1, 0.15) is 24.1 Å². The van der Waals surface area contributed by atoms with Crippen molar-refractivity contribution in [3.05, 3.63) is 53.3 Å². The summed E-state index contributed by atoms with van der Waals surface area (Å²) in [4.78, 5) is 37.9. The minimum atomic E-state index is -0.808. The molecule has 0 aliphatic carbocycles. The van der Waals surface area contributed by atoms with Crippen LogP contribution in [0.4, 0.5) is 10.5 Å². The highest BCUT2D eigenvalue weighted by atomic mass is 32.1. The molecule has 7 nitrogen and oxygen atoms in total. The highest BCUT2D eigenvalue weighted by Crippen LogP contribution is 2.33. The largest absolute Gasteiger partial charge is 0.329 e. The van der Waals surface area contributed by atoms with E-state index in [2.05, 4.69) is 38.4 Å². The van der Waals surface area contributed by atoms with Crippen LogP contribution in [-0.2, 0) is 11.3 Å². The van der Waals surface area contributed by atoms with E-state index in [9.17, 15) is 9.59 Å². The van der Waals surface area contributed by atoms with E-state index in [1.807, 2.05) is 18.5 Å². The molecule has 29 heavy (non-hydrogen) atoms. The molecular formula is C21H21N5O2S. The second kappa shape index (κ2) is 6.89. The zero-order valence-electron chi connectivity index (χ0n) is 16.1. The lowest BCUT2D eigenvalue weighted by atomic mass is 9.87. The predicted molar refractivity (Wildman–Crippen MR) is 112 cm³/mol. The Balaban J connectivity index is 1.28. The molecule has 8 heteroatoms. The number of thiazole rings is 1. The van der Waals surface area contributed by atoms with Crippen molar-refractivity contribution in [3.8, 4) is 0 Å². The number of hydrogen-bond donors (Lipinski definition) is 1. The van der Waals surface area contributed by atoms with Crippen molar-refractivity contribution in [2.45, 2.75) is 31.8 Å². The van der Waals surface area contributed by atoms with Crippen LogP contribution in [0.2, 0.25) is 0 Å². The average Bonchev–Trinajstić information content (AvgIpc) is 3.27. The van der Waals surface area contributed by atoms with Gasteiger partial charge in [0.05, 0.1) is 27.6 Å². The standard InChI is InChI=1S/C21H21N5O2S/c1-14-2-4-16(11-22-14)26-19(27)21(24-20(26)28)6-8-25(9-7-21)12-15-3-5-18-17(10-15)23-13-29-18/h2-5,10-11,13H,6-9,12H2,1H3,(H,24,28). The number of anilines is 1. The van der Waals surface area contributed by atoms with E-state index in [1.54, 1.807) is 23.6 Å². The molecule has 3 aromatic rings. The van der Waals surface area contributed by atoms with Gasteiger partial charge >= 0.3 is 6.03 Å². The minimum absolute atomic E-state index is 0.170. The Hall–Kier alpha value is -2.84. The number of carbonyl (C=O) groups excluding carboxylic acids is 2. The van der Waals surface area contributed by atoms with Crippen LogP contribution in [0.3, 0.4) is 0 Å². The maximum Gasteiger partial charge on any atom is 0.329 e. The number of carbonyl (C=O) groups is 2. The van der Waals surface area contributed by atoms with Crippen LogP contribution in [0, 0.1) is 6.92 Å². The third kappa shape index (κ3) is 3.18. The molecule has 3 amide bonds. The summed E-state index contributed by atoms with van der Waals surface area (Å²) in [6.45, 7) is 4.19. The van der Waals surface area contributed by atoms with Crippen LogP contribution in [-0.4, -0.2) is 45.4 Å². The summed E-state index contributed by atoms with van der Waals surface area (Å²) in [6, 6.07) is 9.60. The van der Waals surface area contributed by atoms with Gasteiger partial charge in [0.1, 0.15) is 5.54 Å². The first-order valence-electron chi connectivity index (χ1n) is 9.68. The summed E-state index contributed by atoms with van der Waals surface area (Å²) >= 11 is 1.64. The Kier molecular flexibility index (Phi) is 4.33. The summed E-state index contributed by atoms with van der Waals surface area (Å²) in [5.74, 6) is -0.170. The number of imide groups is 1. The summed E-state index contributed by atoms with van der Waals surface area (Å²) in [6.07, 6.45) is 2.79. The predicted octanol–water partition coefficient (Wildman–Crippen LogP) is 3.09. The summed E-state index contributed by atoms with van der Waals surface area (Å²) in [7, 11) is 0. The molecule has 148 valence electrons. The van der Waals surface area contributed by atoms with E-state index in [1.165, 1.54) is 15.2 Å². The van der Waals surface area contributed by atoms with E-state index >= 15 is 0 Å². The molecule has 2 aliphatic heterocycles. The van der Waals surface area contributed by atoms with Gasteiger partial charge in [-0.15, -0.1) is 11.3 Å². The van der Waals surface area contributed by atoms with Crippen molar-refractivity contribution in [3.63, 3.8) is 0 Å². The molecule has 2 saturated heterocycles. The SMILES string of the molecule is Cc1ccc(N2C(=O)NC3(CCN(Cc4ccc5scnc5c4)CC3)C2=O)cn1. The molecule has 4 heterocycles. The van der Waals surface area contributed by atoms with Gasteiger partial charge in [0.25, 0.3) is 5.91 Å². The van der Waals surface area contributed by atoms with E-state index in [0.29, 0.717) is 18.5 Å². The van der Waals surface area contributed by atoms with E-state index in [-0.39, 0.29) is 11.9 Å². The number of piperidine rings is 1. The number of fused-ring (bicyclic) bond motifs is 1. The first-order chi connectivity index (χ1) is 14.0. The molecule has 2 fully saturated rings. The Morgan fingerprint density at radius 1 is 1.14 bits per heavy atom. The molecule has 2 aromatic heterocycles. The molecule has 1 aromatic carbocycles. The fourth-order valence-electron chi connectivity index (χ4n) is 4.14. The molecule has 0 atom stereocenters. The zero-order valence-corrected chi connectivity index (χ0v) is 16.9. The smallest absolute Gasteiger partial charge is 0.323 e. The van der Waals surface area contributed by atoms with Crippen LogP contribution in [0.15, 0.2) is 42.0 Å². The molecule has 5 rings (SSSR count). The van der Waals surface area contributed by atoms with Gasteiger partial charge < -0.3 is 5.32 Å². The van der Waals surface area contributed by atoms with Crippen molar-refractivity contribution in [1.82, 2.24) is 20.2 Å². The molecule has 1 spiro atoms. The zero-order chi connectivity index (χ0) is 20.0. The minimum Gasteiger partial charge on any atom is -0.323 e. The van der Waals surface area contributed by atoms with Crippen LogP contribution < -0.4 is 10.2 Å². The molecule has 0 unspecified atom stereocenters. The maximum absolute atomic E-state index is 13.1. The van der Waals surface area contributed by atoms with Crippen molar-refractivity contribution < 1.29 is 9.59 Å². The summed E-state index contributed by atoms with van der Waals surface area (Å²) < 4.78 is 1.19. The second-order valence-electron chi connectivity index (χ2n) is 7.74. The number of nitrogens with zero attached hydrogens (tertiary/aromatic N) is 4. The van der Waals surface area contributed by atoms with Crippen molar-refractivity contribution >= 4 is 39.2 Å². The van der Waals surface area contributed by atoms with Gasteiger partial charge in [0, 0.05) is 25.3 Å². The van der Waals surface area contributed by atoms with Crippen LogP contribution in [0.5, 0.6) is 0 Å². The van der Waals surface area contributed by atoms with E-state index < -0.39 is 5.54 Å². The number of rotatable bonds is 3. The number of amides is 3. The molecule has 0 saturated carbocycles. The monoisotopic (exact) mass is 407 g/mol. The first-order valence-corrected chi connectivity index (χ1v) is 10.6. The third-order valence-electron chi connectivity index (χ3n) is 5.83. The normalized spacial score (nSPS) is 19.3. The van der Waals surface area contributed by atoms with Gasteiger partial charge in [-0.1, -0.05) is 6.07 Å². The van der Waals surface area contributed by atoms with Crippen LogP contribution >= 0.6 is 11.3 Å². The lowest BCUT2D eigenvalue weighted by Gasteiger charge is -2.37. The number of aryl methyl sites for hydroxylation is 1. The lowest BCUT2D eigenvalue weighted by molar-refractivity contribution is -0.123. The van der Waals surface area contributed by atoms with Gasteiger partial charge in [0.15, 0.2) is 0 Å². The van der Waals surface area contributed by atoms with Crippen LogP contribution in [0.25, 0.3) is 10.2 Å². The number of aromatic nitrogens is 2. The molecular weight excluding hydrogens is 386 g/mol. The van der Waals surface area contributed by atoms with Crippen molar-refractivity contribution in [2.24, 2.45) is 0 Å². The average molecular weight is 407 g/mol. The fourth-order valence-corrected chi connectivity index (χ4v) is 4.80. The van der Waals surface area contributed by atoms with E-state index in [4.69, 9.17) is 0 Å². The number of nitrogens with one attached hydrogen (secondary N) is 1. The topological polar surface area (TPSA) is 78.4 Å². The molecule has 1 N–H and O–H groups in total. The quantitative estimate of drug-likeness (QED) is 0.675. The first kappa shape index (κ1) is 18.2. The summed E-state index contributed by atoms with van der Waals surface area (Å²) in [5.41, 5.74) is 4.67.